The maximum atomic E-state index is 12.7. The smallest absolute Gasteiger partial charge is 0.153 e. The predicted molar refractivity (Wildman–Crippen MR) is 102 cm³/mol. The summed E-state index contributed by atoms with van der Waals surface area (Å²) in [7, 11) is 0. The summed E-state index contributed by atoms with van der Waals surface area (Å²) in [6, 6.07) is 12.1. The molecule has 5 nitrogen and oxygen atoms in total. The fraction of sp³-hybridized carbons (Fsp3) is 0.368. The van der Waals surface area contributed by atoms with Gasteiger partial charge in [-0.15, -0.1) is 4.72 Å². The molecular formula is C19H24N4OS. The summed E-state index contributed by atoms with van der Waals surface area (Å²) < 4.78 is 17.4. The minimum Gasteiger partial charge on any atom is -0.598 e. The van der Waals surface area contributed by atoms with Crippen LogP contribution in [0.25, 0.3) is 16.9 Å². The summed E-state index contributed by atoms with van der Waals surface area (Å²) >= 11 is -1.20. The maximum absolute atomic E-state index is 12.7. The van der Waals surface area contributed by atoms with Gasteiger partial charge in [0.25, 0.3) is 0 Å². The highest BCUT2D eigenvalue weighted by atomic mass is 32.2. The first-order valence-electron chi connectivity index (χ1n) is 8.28. The lowest BCUT2D eigenvalue weighted by molar-refractivity contribution is 0.456. The molecule has 1 atom stereocenters. The van der Waals surface area contributed by atoms with E-state index in [1.165, 1.54) is 0 Å². The average molecular weight is 356 g/mol. The molecule has 6 heteroatoms. The highest BCUT2D eigenvalue weighted by molar-refractivity contribution is 7.90. The summed E-state index contributed by atoms with van der Waals surface area (Å²) in [6.07, 6.45) is 3.56. The van der Waals surface area contributed by atoms with Crippen LogP contribution in [0.5, 0.6) is 0 Å². The summed E-state index contributed by atoms with van der Waals surface area (Å²) in [4.78, 5) is 4.35. The van der Waals surface area contributed by atoms with Crippen LogP contribution in [-0.4, -0.2) is 23.9 Å². The van der Waals surface area contributed by atoms with Gasteiger partial charge in [0.1, 0.15) is 4.75 Å². The molecule has 0 saturated heterocycles. The third-order valence-corrected chi connectivity index (χ3v) is 5.82. The van der Waals surface area contributed by atoms with E-state index in [1.807, 2.05) is 77.2 Å². The predicted octanol–water partition coefficient (Wildman–Crippen LogP) is 3.68. The van der Waals surface area contributed by atoms with Gasteiger partial charge in [-0.25, -0.2) is 9.50 Å². The van der Waals surface area contributed by atoms with E-state index in [0.29, 0.717) is 0 Å². The van der Waals surface area contributed by atoms with Gasteiger partial charge >= 0.3 is 0 Å². The lowest BCUT2D eigenvalue weighted by Crippen LogP contribution is -2.48. The summed E-state index contributed by atoms with van der Waals surface area (Å²) in [5, 5.41) is 4.76. The van der Waals surface area contributed by atoms with Gasteiger partial charge in [-0.3, -0.25) is 0 Å². The first-order chi connectivity index (χ1) is 11.7. The lowest BCUT2D eigenvalue weighted by Gasteiger charge is -2.33. The van der Waals surface area contributed by atoms with Gasteiger partial charge in [0.05, 0.1) is 11.2 Å². The van der Waals surface area contributed by atoms with E-state index in [-0.39, 0.29) is 4.75 Å². The highest BCUT2D eigenvalue weighted by Gasteiger charge is 2.36. The minimum absolute atomic E-state index is 0.352. The maximum Gasteiger partial charge on any atom is 0.153 e. The number of fused-ring (bicyclic) bond motifs is 1. The number of imidazole rings is 1. The van der Waals surface area contributed by atoms with Crippen molar-refractivity contribution in [2.45, 2.75) is 44.9 Å². The number of aromatic nitrogens is 3. The fourth-order valence-corrected chi connectivity index (χ4v) is 3.46. The molecule has 2 aromatic heterocycles. The van der Waals surface area contributed by atoms with Gasteiger partial charge in [-0.05, 0) is 40.7 Å². The van der Waals surface area contributed by atoms with Gasteiger partial charge in [0.2, 0.25) is 0 Å². The van der Waals surface area contributed by atoms with Crippen LogP contribution < -0.4 is 4.72 Å². The number of nitrogens with zero attached hydrogens (tertiary/aromatic N) is 3. The Balaban J connectivity index is 2.13. The summed E-state index contributed by atoms with van der Waals surface area (Å²) in [5.41, 5.74) is 3.07. The Kier molecular flexibility index (Phi) is 4.62. The van der Waals surface area contributed by atoms with E-state index in [1.54, 1.807) is 10.7 Å². The molecule has 3 aromatic rings. The van der Waals surface area contributed by atoms with E-state index in [4.69, 9.17) is 5.10 Å². The van der Waals surface area contributed by atoms with Crippen molar-refractivity contribution in [3.8, 4) is 11.3 Å². The molecule has 0 radical (unpaired) electrons. The summed E-state index contributed by atoms with van der Waals surface area (Å²) in [5.74, 6) is 0. The zero-order valence-electron chi connectivity index (χ0n) is 15.3. The Labute approximate surface area is 151 Å². The second-order valence-corrected chi connectivity index (χ2v) is 9.58. The molecule has 0 aliphatic heterocycles. The summed E-state index contributed by atoms with van der Waals surface area (Å²) in [6.45, 7) is 9.93. The van der Waals surface area contributed by atoms with Crippen molar-refractivity contribution in [2.24, 2.45) is 0 Å². The lowest BCUT2D eigenvalue weighted by atomic mass is 9.92. The van der Waals surface area contributed by atoms with Crippen molar-refractivity contribution < 1.29 is 4.55 Å². The van der Waals surface area contributed by atoms with E-state index < -0.39 is 16.9 Å². The van der Waals surface area contributed by atoms with Crippen LogP contribution in [-0.2, 0) is 16.9 Å². The monoisotopic (exact) mass is 356 g/mol. The van der Waals surface area contributed by atoms with Gasteiger partial charge in [-0.1, -0.05) is 30.3 Å². The fourth-order valence-electron chi connectivity index (χ4n) is 2.58. The second-order valence-electron chi connectivity index (χ2n) is 7.61. The van der Waals surface area contributed by atoms with Crippen molar-refractivity contribution in [2.75, 3.05) is 0 Å². The Morgan fingerprint density at radius 3 is 2.40 bits per heavy atom. The highest BCUT2D eigenvalue weighted by Crippen LogP contribution is 2.32. The number of hydrogen-bond acceptors (Lipinski definition) is 4. The average Bonchev–Trinajstić information content (AvgIpc) is 3.00. The van der Waals surface area contributed by atoms with Gasteiger partial charge < -0.3 is 4.55 Å². The van der Waals surface area contributed by atoms with Crippen LogP contribution in [0.1, 0.15) is 40.2 Å². The first kappa shape index (κ1) is 17.9. The molecule has 0 fully saturated rings. The molecular weight excluding hydrogens is 332 g/mol. The quantitative estimate of drug-likeness (QED) is 0.724. The Bertz CT molecular complexity index is 868. The van der Waals surface area contributed by atoms with Crippen LogP contribution in [0.4, 0.5) is 0 Å². The molecule has 0 amide bonds. The minimum atomic E-state index is -1.20. The molecule has 0 aliphatic rings. The van der Waals surface area contributed by atoms with Crippen molar-refractivity contribution in [3.05, 3.63) is 54.4 Å². The Morgan fingerprint density at radius 2 is 1.76 bits per heavy atom. The molecule has 132 valence electrons. The van der Waals surface area contributed by atoms with Crippen molar-refractivity contribution in [3.63, 3.8) is 0 Å². The molecule has 1 N–H and O–H groups in total. The third-order valence-electron chi connectivity index (χ3n) is 4.01. The van der Waals surface area contributed by atoms with Crippen molar-refractivity contribution >= 4 is 17.0 Å². The van der Waals surface area contributed by atoms with Gasteiger partial charge in [0, 0.05) is 34.9 Å². The SMILES string of the molecule is CC(C)(N[S+]([O-])C(C)(C)C)c1cc2nccn2nc1-c1ccccc1. The van der Waals surface area contributed by atoms with Crippen LogP contribution in [0, 0.1) is 0 Å². The largest absolute Gasteiger partial charge is 0.598 e. The topological polar surface area (TPSA) is 65.3 Å². The van der Waals surface area contributed by atoms with Crippen LogP contribution >= 0.6 is 0 Å². The van der Waals surface area contributed by atoms with Crippen molar-refractivity contribution in [1.29, 1.82) is 0 Å². The molecule has 0 spiro atoms. The molecule has 0 bridgehead atoms. The number of nitrogens with one attached hydrogen (secondary N) is 1. The Hall–Kier alpha value is -1.89. The molecule has 1 unspecified atom stereocenters. The van der Waals surface area contributed by atoms with E-state index in [0.717, 1.165) is 22.5 Å². The molecule has 0 aliphatic carbocycles. The van der Waals surface area contributed by atoms with Crippen molar-refractivity contribution in [1.82, 2.24) is 19.3 Å². The molecule has 1 aromatic carbocycles. The van der Waals surface area contributed by atoms with Crippen LogP contribution in [0.3, 0.4) is 0 Å². The number of benzene rings is 1. The molecule has 25 heavy (non-hydrogen) atoms. The van der Waals surface area contributed by atoms with Gasteiger partial charge in [0.15, 0.2) is 5.65 Å². The Morgan fingerprint density at radius 1 is 1.08 bits per heavy atom. The second kappa shape index (κ2) is 6.44. The number of hydrogen-bond donors (Lipinski definition) is 1. The third kappa shape index (κ3) is 3.71. The van der Waals surface area contributed by atoms with Gasteiger partial charge in [-0.2, -0.15) is 5.10 Å². The van der Waals surface area contributed by atoms with Crippen LogP contribution in [0.15, 0.2) is 48.8 Å². The zero-order chi connectivity index (χ0) is 18.2. The van der Waals surface area contributed by atoms with E-state index in [2.05, 4.69) is 9.71 Å². The zero-order valence-corrected chi connectivity index (χ0v) is 16.1. The number of rotatable bonds is 4. The van der Waals surface area contributed by atoms with E-state index >= 15 is 0 Å². The van der Waals surface area contributed by atoms with E-state index in [9.17, 15) is 4.55 Å². The standard InChI is InChI=1S/C19H24N4OS/c1-18(2,3)25(24)22-19(4,5)15-13-16-20-11-12-23(16)21-17(15)14-9-7-6-8-10-14/h6-13,22H,1-5H3. The molecule has 2 heterocycles. The molecule has 0 saturated carbocycles. The normalized spacial score (nSPS) is 14.0. The molecule has 3 rings (SSSR count). The first-order valence-corrected chi connectivity index (χ1v) is 9.43. The van der Waals surface area contributed by atoms with Crippen LogP contribution in [0.2, 0.25) is 0 Å².